The van der Waals surface area contributed by atoms with Crippen LogP contribution in [-0.2, 0) is 4.79 Å². The molecule has 16 heavy (non-hydrogen) atoms. The minimum Gasteiger partial charge on any atom is -0.335 e. The average molecular weight is 225 g/mol. The molecule has 2 fully saturated rings. The molecule has 4 heteroatoms. The SMILES string of the molecule is CC(C)CCN1CCN2C(=O)CNCC2C1. The molecule has 0 aromatic carbocycles. The van der Waals surface area contributed by atoms with Gasteiger partial charge < -0.3 is 10.2 Å². The first-order valence-electron chi connectivity index (χ1n) is 6.39. The van der Waals surface area contributed by atoms with Crippen LogP contribution in [0.25, 0.3) is 0 Å². The molecule has 2 rings (SSSR count). The second-order valence-electron chi connectivity index (χ2n) is 5.35. The Morgan fingerprint density at radius 2 is 2.25 bits per heavy atom. The maximum atomic E-state index is 11.6. The van der Waals surface area contributed by atoms with Gasteiger partial charge in [-0.2, -0.15) is 0 Å². The van der Waals surface area contributed by atoms with Gasteiger partial charge in [-0.1, -0.05) is 13.8 Å². The van der Waals surface area contributed by atoms with Gasteiger partial charge in [-0.05, 0) is 18.9 Å². The fourth-order valence-electron chi connectivity index (χ4n) is 2.51. The lowest BCUT2D eigenvalue weighted by molar-refractivity contribution is -0.137. The Balaban J connectivity index is 1.83. The van der Waals surface area contributed by atoms with Crippen LogP contribution in [0.15, 0.2) is 0 Å². The lowest BCUT2D eigenvalue weighted by Crippen LogP contribution is -2.63. The molecular weight excluding hydrogens is 202 g/mol. The highest BCUT2D eigenvalue weighted by Crippen LogP contribution is 2.13. The summed E-state index contributed by atoms with van der Waals surface area (Å²) in [5.41, 5.74) is 0. The second-order valence-corrected chi connectivity index (χ2v) is 5.35. The van der Waals surface area contributed by atoms with Crippen LogP contribution >= 0.6 is 0 Å². The zero-order valence-electron chi connectivity index (χ0n) is 10.4. The number of rotatable bonds is 3. The van der Waals surface area contributed by atoms with Gasteiger partial charge in [-0.25, -0.2) is 0 Å². The smallest absolute Gasteiger partial charge is 0.236 e. The third kappa shape index (κ3) is 2.74. The molecular formula is C12H23N3O. The average Bonchev–Trinajstić information content (AvgIpc) is 2.26. The maximum Gasteiger partial charge on any atom is 0.236 e. The van der Waals surface area contributed by atoms with E-state index in [4.69, 9.17) is 0 Å². The predicted octanol–water partition coefficient (Wildman–Crippen LogP) is 0.149. The Bertz CT molecular complexity index is 255. The van der Waals surface area contributed by atoms with E-state index in [2.05, 4.69) is 29.0 Å². The summed E-state index contributed by atoms with van der Waals surface area (Å²) < 4.78 is 0. The first-order valence-corrected chi connectivity index (χ1v) is 6.39. The Hall–Kier alpha value is -0.610. The van der Waals surface area contributed by atoms with E-state index in [-0.39, 0.29) is 5.91 Å². The number of piperazine rings is 2. The van der Waals surface area contributed by atoms with Crippen molar-refractivity contribution < 1.29 is 4.79 Å². The van der Waals surface area contributed by atoms with E-state index in [1.54, 1.807) is 0 Å². The van der Waals surface area contributed by atoms with Crippen molar-refractivity contribution in [3.05, 3.63) is 0 Å². The van der Waals surface area contributed by atoms with Crippen LogP contribution in [-0.4, -0.2) is 61.0 Å². The Morgan fingerprint density at radius 3 is 3.00 bits per heavy atom. The number of nitrogens with zero attached hydrogens (tertiary/aromatic N) is 2. The summed E-state index contributed by atoms with van der Waals surface area (Å²) in [6, 6.07) is 0.405. The van der Waals surface area contributed by atoms with Gasteiger partial charge in [0.2, 0.25) is 5.91 Å². The van der Waals surface area contributed by atoms with Crippen molar-refractivity contribution in [2.24, 2.45) is 5.92 Å². The standard InChI is InChI=1S/C12H23N3O/c1-10(2)3-4-14-5-6-15-11(9-14)7-13-8-12(15)16/h10-11,13H,3-9H2,1-2H3. The molecule has 4 nitrogen and oxygen atoms in total. The molecule has 0 radical (unpaired) electrons. The van der Waals surface area contributed by atoms with Gasteiger partial charge in [0.15, 0.2) is 0 Å². The molecule has 1 amide bonds. The van der Waals surface area contributed by atoms with Gasteiger partial charge >= 0.3 is 0 Å². The summed E-state index contributed by atoms with van der Waals surface area (Å²) in [7, 11) is 0. The molecule has 2 aliphatic rings. The van der Waals surface area contributed by atoms with Crippen molar-refractivity contribution in [3.8, 4) is 0 Å². The van der Waals surface area contributed by atoms with Crippen LogP contribution in [0.5, 0.6) is 0 Å². The van der Waals surface area contributed by atoms with Crippen molar-refractivity contribution in [2.45, 2.75) is 26.3 Å². The minimum atomic E-state index is 0.278. The van der Waals surface area contributed by atoms with Gasteiger partial charge in [0.1, 0.15) is 0 Å². The highest BCUT2D eigenvalue weighted by atomic mass is 16.2. The Labute approximate surface area is 98.0 Å². The molecule has 1 atom stereocenters. The van der Waals surface area contributed by atoms with E-state index in [0.717, 1.165) is 32.1 Å². The zero-order chi connectivity index (χ0) is 11.5. The molecule has 0 aromatic rings. The van der Waals surface area contributed by atoms with Crippen molar-refractivity contribution in [1.29, 1.82) is 0 Å². The van der Waals surface area contributed by atoms with Crippen LogP contribution in [0, 0.1) is 5.92 Å². The van der Waals surface area contributed by atoms with Crippen LogP contribution in [0.4, 0.5) is 0 Å². The molecule has 92 valence electrons. The van der Waals surface area contributed by atoms with E-state index < -0.39 is 0 Å². The normalized spacial score (nSPS) is 27.3. The number of carbonyl (C=O) groups excluding carboxylic acids is 1. The lowest BCUT2D eigenvalue weighted by atomic mass is 10.1. The number of hydrogen-bond donors (Lipinski definition) is 1. The molecule has 0 spiro atoms. The van der Waals surface area contributed by atoms with Gasteiger partial charge in [0.05, 0.1) is 12.6 Å². The third-order valence-electron chi connectivity index (χ3n) is 3.57. The van der Waals surface area contributed by atoms with Crippen molar-refractivity contribution in [2.75, 3.05) is 39.3 Å². The van der Waals surface area contributed by atoms with E-state index >= 15 is 0 Å². The molecule has 2 heterocycles. The first kappa shape index (κ1) is 11.9. The summed E-state index contributed by atoms with van der Waals surface area (Å²) in [5.74, 6) is 1.05. The van der Waals surface area contributed by atoms with E-state index in [1.165, 1.54) is 13.0 Å². The molecule has 0 bridgehead atoms. The Morgan fingerprint density at radius 1 is 1.44 bits per heavy atom. The number of fused-ring (bicyclic) bond motifs is 1. The third-order valence-corrected chi connectivity index (χ3v) is 3.57. The Kier molecular flexibility index (Phi) is 3.82. The molecule has 0 aliphatic carbocycles. The van der Waals surface area contributed by atoms with Crippen LogP contribution in [0.1, 0.15) is 20.3 Å². The van der Waals surface area contributed by atoms with Crippen LogP contribution < -0.4 is 5.32 Å². The maximum absolute atomic E-state index is 11.6. The lowest BCUT2D eigenvalue weighted by Gasteiger charge is -2.44. The van der Waals surface area contributed by atoms with Crippen molar-refractivity contribution >= 4 is 5.91 Å². The van der Waals surface area contributed by atoms with Gasteiger partial charge in [0, 0.05) is 26.2 Å². The van der Waals surface area contributed by atoms with E-state index in [0.29, 0.717) is 12.6 Å². The summed E-state index contributed by atoms with van der Waals surface area (Å²) >= 11 is 0. The van der Waals surface area contributed by atoms with Crippen molar-refractivity contribution in [1.82, 2.24) is 15.1 Å². The largest absolute Gasteiger partial charge is 0.335 e. The summed E-state index contributed by atoms with van der Waals surface area (Å²) in [5, 5.41) is 3.20. The highest BCUT2D eigenvalue weighted by molar-refractivity contribution is 5.79. The number of amides is 1. The van der Waals surface area contributed by atoms with Crippen molar-refractivity contribution in [3.63, 3.8) is 0 Å². The summed E-state index contributed by atoms with van der Waals surface area (Å²) in [4.78, 5) is 16.2. The minimum absolute atomic E-state index is 0.278. The first-order chi connectivity index (χ1) is 7.66. The van der Waals surface area contributed by atoms with E-state index in [9.17, 15) is 4.79 Å². The number of nitrogens with one attached hydrogen (secondary N) is 1. The predicted molar refractivity (Wildman–Crippen MR) is 64.3 cm³/mol. The van der Waals surface area contributed by atoms with Crippen LogP contribution in [0.3, 0.4) is 0 Å². The fraction of sp³-hybridized carbons (Fsp3) is 0.917. The summed E-state index contributed by atoms with van der Waals surface area (Å²) in [6.45, 7) is 10.2. The van der Waals surface area contributed by atoms with E-state index in [1.807, 2.05) is 0 Å². The fourth-order valence-corrected chi connectivity index (χ4v) is 2.51. The number of carbonyl (C=O) groups is 1. The van der Waals surface area contributed by atoms with Gasteiger partial charge in [-0.3, -0.25) is 9.69 Å². The second kappa shape index (κ2) is 5.15. The topological polar surface area (TPSA) is 35.6 Å². The molecule has 2 saturated heterocycles. The van der Waals surface area contributed by atoms with Gasteiger partial charge in [-0.15, -0.1) is 0 Å². The number of hydrogen-bond acceptors (Lipinski definition) is 3. The zero-order valence-corrected chi connectivity index (χ0v) is 10.4. The molecule has 1 N–H and O–H groups in total. The molecule has 2 aliphatic heterocycles. The highest BCUT2D eigenvalue weighted by Gasteiger charge is 2.32. The monoisotopic (exact) mass is 225 g/mol. The van der Waals surface area contributed by atoms with Gasteiger partial charge in [0.25, 0.3) is 0 Å². The van der Waals surface area contributed by atoms with Crippen LogP contribution in [0.2, 0.25) is 0 Å². The molecule has 1 unspecified atom stereocenters. The molecule has 0 aromatic heterocycles. The molecule has 0 saturated carbocycles. The summed E-state index contributed by atoms with van der Waals surface area (Å²) in [6.07, 6.45) is 1.26. The quantitative estimate of drug-likeness (QED) is 0.742.